The molecule has 0 aliphatic carbocycles. The fraction of sp³-hybridized carbons (Fsp3) is 0.429. The number of benzene rings is 1. The topological polar surface area (TPSA) is 30.5 Å². The molecule has 0 saturated heterocycles. The summed E-state index contributed by atoms with van der Waals surface area (Å²) in [5.74, 6) is 1.57. The van der Waals surface area contributed by atoms with Gasteiger partial charge in [-0.3, -0.25) is 0 Å². The lowest BCUT2D eigenvalue weighted by Crippen LogP contribution is -2.08. The Morgan fingerprint density at radius 2 is 2.12 bits per heavy atom. The van der Waals surface area contributed by atoms with Crippen molar-refractivity contribution in [3.63, 3.8) is 0 Å². The Kier molecular flexibility index (Phi) is 5.57. The SMILES string of the molecule is CCOc1ccc(C=C(C)CNC)cc1OC. The number of hydrogen-bond donors (Lipinski definition) is 1. The van der Waals surface area contributed by atoms with E-state index in [2.05, 4.69) is 18.3 Å². The molecule has 0 spiro atoms. The molecule has 17 heavy (non-hydrogen) atoms. The number of methoxy groups -OCH3 is 1. The van der Waals surface area contributed by atoms with Gasteiger partial charge in [-0.1, -0.05) is 17.7 Å². The first-order valence-electron chi connectivity index (χ1n) is 5.83. The predicted molar refractivity (Wildman–Crippen MR) is 71.7 cm³/mol. The van der Waals surface area contributed by atoms with Gasteiger partial charge in [-0.05, 0) is 38.6 Å². The molecule has 0 radical (unpaired) electrons. The van der Waals surface area contributed by atoms with E-state index in [9.17, 15) is 0 Å². The van der Waals surface area contributed by atoms with Crippen molar-refractivity contribution in [2.75, 3.05) is 27.3 Å². The van der Waals surface area contributed by atoms with Gasteiger partial charge in [-0.15, -0.1) is 0 Å². The molecule has 0 aliphatic rings. The second kappa shape index (κ2) is 6.97. The van der Waals surface area contributed by atoms with Crippen LogP contribution in [0.2, 0.25) is 0 Å². The van der Waals surface area contributed by atoms with E-state index in [1.165, 1.54) is 5.57 Å². The van der Waals surface area contributed by atoms with Gasteiger partial charge in [0.05, 0.1) is 13.7 Å². The van der Waals surface area contributed by atoms with Crippen LogP contribution in [0.3, 0.4) is 0 Å². The van der Waals surface area contributed by atoms with Gasteiger partial charge in [0.2, 0.25) is 0 Å². The van der Waals surface area contributed by atoms with Crippen LogP contribution in [0.5, 0.6) is 11.5 Å². The van der Waals surface area contributed by atoms with Crippen LogP contribution < -0.4 is 14.8 Å². The number of hydrogen-bond acceptors (Lipinski definition) is 3. The zero-order valence-electron chi connectivity index (χ0n) is 11.0. The third-order valence-corrected chi connectivity index (χ3v) is 2.36. The Morgan fingerprint density at radius 3 is 2.71 bits per heavy atom. The van der Waals surface area contributed by atoms with Crippen molar-refractivity contribution in [1.82, 2.24) is 5.32 Å². The van der Waals surface area contributed by atoms with E-state index in [0.29, 0.717) is 6.61 Å². The van der Waals surface area contributed by atoms with Crippen molar-refractivity contribution in [2.45, 2.75) is 13.8 Å². The lowest BCUT2D eigenvalue weighted by atomic mass is 10.1. The van der Waals surface area contributed by atoms with Crippen molar-refractivity contribution in [3.05, 3.63) is 29.3 Å². The Bertz CT molecular complexity index is 386. The second-order valence-electron chi connectivity index (χ2n) is 3.86. The van der Waals surface area contributed by atoms with Crippen molar-refractivity contribution in [2.24, 2.45) is 0 Å². The monoisotopic (exact) mass is 235 g/mol. The van der Waals surface area contributed by atoms with Crippen molar-refractivity contribution in [1.29, 1.82) is 0 Å². The molecular formula is C14H21NO2. The summed E-state index contributed by atoms with van der Waals surface area (Å²) < 4.78 is 10.8. The molecule has 0 bridgehead atoms. The van der Waals surface area contributed by atoms with Gasteiger partial charge in [-0.25, -0.2) is 0 Å². The summed E-state index contributed by atoms with van der Waals surface area (Å²) in [5.41, 5.74) is 2.40. The summed E-state index contributed by atoms with van der Waals surface area (Å²) in [6.07, 6.45) is 2.13. The second-order valence-corrected chi connectivity index (χ2v) is 3.86. The summed E-state index contributed by atoms with van der Waals surface area (Å²) in [4.78, 5) is 0. The van der Waals surface area contributed by atoms with Gasteiger partial charge in [-0.2, -0.15) is 0 Å². The minimum atomic E-state index is 0.643. The lowest BCUT2D eigenvalue weighted by Gasteiger charge is -2.10. The Labute approximate surface area is 103 Å². The van der Waals surface area contributed by atoms with Crippen LogP contribution >= 0.6 is 0 Å². The molecule has 1 aromatic rings. The molecule has 0 aliphatic heterocycles. The highest BCUT2D eigenvalue weighted by molar-refractivity contribution is 5.58. The molecule has 0 amide bonds. The van der Waals surface area contributed by atoms with Gasteiger partial charge in [0.25, 0.3) is 0 Å². The van der Waals surface area contributed by atoms with E-state index in [-0.39, 0.29) is 0 Å². The van der Waals surface area contributed by atoms with Crippen LogP contribution in [0.15, 0.2) is 23.8 Å². The zero-order chi connectivity index (χ0) is 12.7. The highest BCUT2D eigenvalue weighted by Crippen LogP contribution is 2.28. The number of ether oxygens (including phenoxy) is 2. The first-order chi connectivity index (χ1) is 8.21. The number of nitrogens with one attached hydrogen (secondary N) is 1. The molecule has 0 heterocycles. The summed E-state index contributed by atoms with van der Waals surface area (Å²) >= 11 is 0. The molecule has 0 atom stereocenters. The minimum absolute atomic E-state index is 0.643. The van der Waals surface area contributed by atoms with E-state index in [0.717, 1.165) is 23.6 Å². The van der Waals surface area contributed by atoms with Crippen molar-refractivity contribution in [3.8, 4) is 11.5 Å². The van der Waals surface area contributed by atoms with Gasteiger partial charge in [0.15, 0.2) is 11.5 Å². The highest BCUT2D eigenvalue weighted by Gasteiger charge is 2.03. The quantitative estimate of drug-likeness (QED) is 0.822. The molecular weight excluding hydrogens is 214 g/mol. The maximum Gasteiger partial charge on any atom is 0.161 e. The van der Waals surface area contributed by atoms with Gasteiger partial charge >= 0.3 is 0 Å². The normalized spacial score (nSPS) is 11.4. The molecule has 1 aromatic carbocycles. The maximum absolute atomic E-state index is 5.48. The summed E-state index contributed by atoms with van der Waals surface area (Å²) in [6.45, 7) is 5.59. The number of rotatable bonds is 6. The van der Waals surface area contributed by atoms with E-state index in [1.807, 2.05) is 32.2 Å². The van der Waals surface area contributed by atoms with Gasteiger partial charge in [0.1, 0.15) is 0 Å². The van der Waals surface area contributed by atoms with Crippen LogP contribution in [-0.4, -0.2) is 27.3 Å². The summed E-state index contributed by atoms with van der Waals surface area (Å²) in [5, 5.41) is 3.12. The van der Waals surface area contributed by atoms with Crippen LogP contribution in [0.25, 0.3) is 6.08 Å². The molecule has 1 rings (SSSR count). The Morgan fingerprint density at radius 1 is 1.35 bits per heavy atom. The van der Waals surface area contributed by atoms with Gasteiger partial charge < -0.3 is 14.8 Å². The predicted octanol–water partition coefficient (Wildman–Crippen LogP) is 2.72. The average molecular weight is 235 g/mol. The summed E-state index contributed by atoms with van der Waals surface area (Å²) in [7, 11) is 3.60. The first-order valence-corrected chi connectivity index (χ1v) is 5.83. The number of likely N-dealkylation sites (N-methyl/N-ethyl adjacent to an activating group) is 1. The Hall–Kier alpha value is -1.48. The lowest BCUT2D eigenvalue weighted by molar-refractivity contribution is 0.311. The van der Waals surface area contributed by atoms with Crippen LogP contribution in [0.1, 0.15) is 19.4 Å². The molecule has 0 saturated carbocycles. The molecule has 0 fully saturated rings. The standard InChI is InChI=1S/C14H21NO2/c1-5-17-13-7-6-12(9-14(13)16-4)8-11(2)10-15-3/h6-9,15H,5,10H2,1-4H3. The third kappa shape index (κ3) is 4.11. The Balaban J connectivity index is 2.92. The smallest absolute Gasteiger partial charge is 0.161 e. The average Bonchev–Trinajstić information content (AvgIpc) is 2.31. The van der Waals surface area contributed by atoms with E-state index < -0.39 is 0 Å². The molecule has 0 unspecified atom stereocenters. The maximum atomic E-state index is 5.48. The largest absolute Gasteiger partial charge is 0.493 e. The highest BCUT2D eigenvalue weighted by atomic mass is 16.5. The van der Waals surface area contributed by atoms with Gasteiger partial charge in [0, 0.05) is 6.54 Å². The fourth-order valence-electron chi connectivity index (χ4n) is 1.66. The van der Waals surface area contributed by atoms with Crippen molar-refractivity contribution >= 4 is 6.08 Å². The molecule has 0 aromatic heterocycles. The molecule has 1 N–H and O–H groups in total. The van der Waals surface area contributed by atoms with E-state index in [1.54, 1.807) is 7.11 Å². The zero-order valence-corrected chi connectivity index (χ0v) is 11.0. The molecule has 3 heteroatoms. The minimum Gasteiger partial charge on any atom is -0.493 e. The summed E-state index contributed by atoms with van der Waals surface area (Å²) in [6, 6.07) is 5.97. The third-order valence-electron chi connectivity index (χ3n) is 2.36. The van der Waals surface area contributed by atoms with Crippen LogP contribution in [-0.2, 0) is 0 Å². The fourth-order valence-corrected chi connectivity index (χ4v) is 1.66. The molecule has 94 valence electrons. The van der Waals surface area contributed by atoms with Crippen LogP contribution in [0, 0.1) is 0 Å². The molecule has 3 nitrogen and oxygen atoms in total. The van der Waals surface area contributed by atoms with E-state index >= 15 is 0 Å². The van der Waals surface area contributed by atoms with Crippen molar-refractivity contribution < 1.29 is 9.47 Å². The van der Waals surface area contributed by atoms with Crippen LogP contribution in [0.4, 0.5) is 0 Å². The first kappa shape index (κ1) is 13.6. The van der Waals surface area contributed by atoms with E-state index in [4.69, 9.17) is 9.47 Å².